The number of rotatable bonds is 8. The van der Waals surface area contributed by atoms with Gasteiger partial charge >= 0.3 is 0 Å². The largest absolute Gasteiger partial charge is 0.497 e. The summed E-state index contributed by atoms with van der Waals surface area (Å²) in [6, 6.07) is 15.9. The molecule has 0 aliphatic rings. The molecule has 2 aromatic carbocycles. The van der Waals surface area contributed by atoms with Gasteiger partial charge in [-0.05, 0) is 55.8 Å². The highest BCUT2D eigenvalue weighted by molar-refractivity contribution is 5.80. The molecule has 0 bridgehead atoms. The van der Waals surface area contributed by atoms with E-state index in [4.69, 9.17) is 14.5 Å². The Morgan fingerprint density at radius 3 is 2.70 bits per heavy atom. The maximum absolute atomic E-state index is 5.52. The van der Waals surface area contributed by atoms with E-state index < -0.39 is 0 Å². The van der Waals surface area contributed by atoms with Gasteiger partial charge in [-0.1, -0.05) is 12.1 Å². The third-order valence-electron chi connectivity index (χ3n) is 4.70. The molecule has 7 nitrogen and oxygen atoms in total. The highest BCUT2D eigenvalue weighted by Crippen LogP contribution is 2.29. The topological polar surface area (TPSA) is 72.7 Å². The van der Waals surface area contributed by atoms with Crippen molar-refractivity contribution in [1.82, 2.24) is 20.4 Å². The van der Waals surface area contributed by atoms with Crippen LogP contribution >= 0.6 is 0 Å². The highest BCUT2D eigenvalue weighted by atomic mass is 16.5. The molecule has 3 aromatic rings. The molecular formula is C23H29N5O2. The molecule has 1 heterocycles. The van der Waals surface area contributed by atoms with E-state index in [-0.39, 0.29) is 6.04 Å². The molecule has 1 aromatic heterocycles. The minimum absolute atomic E-state index is 0.0248. The summed E-state index contributed by atoms with van der Waals surface area (Å²) in [4.78, 5) is 4.76. The van der Waals surface area contributed by atoms with Gasteiger partial charge < -0.3 is 20.1 Å². The summed E-state index contributed by atoms with van der Waals surface area (Å²) in [5.74, 6) is 2.33. The first-order valence-corrected chi connectivity index (χ1v) is 10.00. The van der Waals surface area contributed by atoms with Gasteiger partial charge in [0.15, 0.2) is 5.96 Å². The van der Waals surface area contributed by atoms with Crippen molar-refractivity contribution in [2.45, 2.75) is 26.4 Å². The third kappa shape index (κ3) is 5.31. The molecule has 0 spiro atoms. The van der Waals surface area contributed by atoms with E-state index in [1.165, 1.54) is 0 Å². The van der Waals surface area contributed by atoms with Gasteiger partial charge in [0.05, 0.1) is 32.5 Å². The average Bonchev–Trinajstić information content (AvgIpc) is 3.32. The summed E-state index contributed by atoms with van der Waals surface area (Å²) >= 11 is 0. The molecule has 3 rings (SSSR count). The van der Waals surface area contributed by atoms with Gasteiger partial charge in [-0.3, -0.25) is 0 Å². The lowest BCUT2D eigenvalue weighted by molar-refractivity contribution is 0.394. The molecule has 158 valence electrons. The lowest BCUT2D eigenvalue weighted by Gasteiger charge is -2.21. The van der Waals surface area contributed by atoms with Gasteiger partial charge in [0, 0.05) is 24.5 Å². The Hall–Kier alpha value is -3.48. The van der Waals surface area contributed by atoms with Crippen LogP contribution in [0.2, 0.25) is 0 Å². The molecule has 0 saturated carbocycles. The molecule has 1 unspecified atom stereocenters. The van der Waals surface area contributed by atoms with Crippen LogP contribution in [0.3, 0.4) is 0 Å². The molecule has 2 N–H and O–H groups in total. The van der Waals surface area contributed by atoms with Crippen LogP contribution in [0, 0.1) is 0 Å². The summed E-state index contributed by atoms with van der Waals surface area (Å²) < 4.78 is 12.7. The van der Waals surface area contributed by atoms with Crippen LogP contribution in [0.25, 0.3) is 5.69 Å². The van der Waals surface area contributed by atoms with Crippen molar-refractivity contribution in [3.05, 3.63) is 72.1 Å². The number of aliphatic imine (C=N–C) groups is 1. The van der Waals surface area contributed by atoms with Crippen molar-refractivity contribution in [2.75, 3.05) is 20.8 Å². The standard InChI is InChI=1S/C23H29N5O2/c1-5-24-23(27-17(2)21-15-20(29-3)10-11-22(21)30-4)25-16-18-8-6-9-19(14-18)28-13-7-12-26-28/h6-15,17H,5,16H2,1-4H3,(H2,24,25,27). The number of methoxy groups -OCH3 is 2. The van der Waals surface area contributed by atoms with Crippen LogP contribution in [0.5, 0.6) is 11.5 Å². The first-order valence-electron chi connectivity index (χ1n) is 10.00. The van der Waals surface area contributed by atoms with Crippen molar-refractivity contribution in [2.24, 2.45) is 4.99 Å². The van der Waals surface area contributed by atoms with Crippen molar-refractivity contribution < 1.29 is 9.47 Å². The van der Waals surface area contributed by atoms with Gasteiger partial charge in [-0.15, -0.1) is 0 Å². The molecule has 0 radical (unpaired) electrons. The minimum Gasteiger partial charge on any atom is -0.497 e. The highest BCUT2D eigenvalue weighted by Gasteiger charge is 2.14. The van der Waals surface area contributed by atoms with Crippen LogP contribution < -0.4 is 20.1 Å². The zero-order valence-corrected chi connectivity index (χ0v) is 17.9. The minimum atomic E-state index is -0.0248. The molecule has 0 amide bonds. The number of aromatic nitrogens is 2. The smallest absolute Gasteiger partial charge is 0.192 e. The molecular weight excluding hydrogens is 378 g/mol. The lowest BCUT2D eigenvalue weighted by Crippen LogP contribution is -2.38. The third-order valence-corrected chi connectivity index (χ3v) is 4.70. The fourth-order valence-electron chi connectivity index (χ4n) is 3.17. The van der Waals surface area contributed by atoms with Gasteiger partial charge in [-0.2, -0.15) is 5.10 Å². The van der Waals surface area contributed by atoms with Crippen LogP contribution in [-0.2, 0) is 6.54 Å². The number of nitrogens with one attached hydrogen (secondary N) is 2. The Bertz CT molecular complexity index is 969. The Kier molecular flexibility index (Phi) is 7.32. The van der Waals surface area contributed by atoms with Gasteiger partial charge in [0.25, 0.3) is 0 Å². The van der Waals surface area contributed by atoms with Crippen LogP contribution in [0.4, 0.5) is 0 Å². The number of benzene rings is 2. The summed E-state index contributed by atoms with van der Waals surface area (Å²) in [5.41, 5.74) is 3.12. The lowest BCUT2D eigenvalue weighted by atomic mass is 10.1. The average molecular weight is 408 g/mol. The predicted molar refractivity (Wildman–Crippen MR) is 119 cm³/mol. The van der Waals surface area contributed by atoms with Crippen molar-refractivity contribution >= 4 is 5.96 Å². The monoisotopic (exact) mass is 407 g/mol. The Morgan fingerprint density at radius 2 is 2.00 bits per heavy atom. The second-order valence-electron chi connectivity index (χ2n) is 6.79. The Labute approximate surface area is 177 Å². The molecule has 0 aliphatic heterocycles. The second kappa shape index (κ2) is 10.3. The molecule has 1 atom stereocenters. The maximum atomic E-state index is 5.52. The number of ether oxygens (including phenoxy) is 2. The quantitative estimate of drug-likeness (QED) is 0.440. The second-order valence-corrected chi connectivity index (χ2v) is 6.79. The number of hydrogen-bond donors (Lipinski definition) is 2. The van der Waals surface area contributed by atoms with E-state index in [9.17, 15) is 0 Å². The molecule has 0 aliphatic carbocycles. The summed E-state index contributed by atoms with van der Waals surface area (Å²) in [6.07, 6.45) is 3.70. The normalized spacial score (nSPS) is 12.3. The SMILES string of the molecule is CCNC(=NCc1cccc(-n2cccn2)c1)NC(C)c1cc(OC)ccc1OC. The molecule has 0 fully saturated rings. The van der Waals surface area contributed by atoms with E-state index in [1.807, 2.05) is 54.2 Å². The van der Waals surface area contributed by atoms with Gasteiger partial charge in [-0.25, -0.2) is 9.67 Å². The van der Waals surface area contributed by atoms with Crippen LogP contribution in [0.15, 0.2) is 65.9 Å². The van der Waals surface area contributed by atoms with E-state index in [0.29, 0.717) is 6.54 Å². The van der Waals surface area contributed by atoms with Gasteiger partial charge in [0.1, 0.15) is 11.5 Å². The van der Waals surface area contributed by atoms with E-state index >= 15 is 0 Å². The summed E-state index contributed by atoms with van der Waals surface area (Å²) in [6.45, 7) is 5.43. The first kappa shape index (κ1) is 21.2. The van der Waals surface area contributed by atoms with Crippen molar-refractivity contribution in [1.29, 1.82) is 0 Å². The van der Waals surface area contributed by atoms with Crippen LogP contribution in [0.1, 0.15) is 31.0 Å². The number of nitrogens with zero attached hydrogens (tertiary/aromatic N) is 3. The van der Waals surface area contributed by atoms with Crippen molar-refractivity contribution in [3.63, 3.8) is 0 Å². The van der Waals surface area contributed by atoms with E-state index in [1.54, 1.807) is 20.4 Å². The first-order chi connectivity index (χ1) is 14.6. The van der Waals surface area contributed by atoms with Crippen molar-refractivity contribution in [3.8, 4) is 17.2 Å². The maximum Gasteiger partial charge on any atom is 0.192 e. The molecule has 7 heteroatoms. The Balaban J connectivity index is 1.76. The fourth-order valence-corrected chi connectivity index (χ4v) is 3.17. The van der Waals surface area contributed by atoms with E-state index in [2.05, 4.69) is 34.8 Å². The number of hydrogen-bond acceptors (Lipinski definition) is 4. The van der Waals surface area contributed by atoms with Gasteiger partial charge in [0.2, 0.25) is 0 Å². The summed E-state index contributed by atoms with van der Waals surface area (Å²) in [5, 5.41) is 11.1. The zero-order valence-electron chi connectivity index (χ0n) is 17.9. The Morgan fingerprint density at radius 1 is 1.13 bits per heavy atom. The zero-order chi connectivity index (χ0) is 21.3. The van der Waals surface area contributed by atoms with Crippen LogP contribution in [-0.4, -0.2) is 36.5 Å². The fraction of sp³-hybridized carbons (Fsp3) is 0.304. The molecule has 30 heavy (non-hydrogen) atoms. The van der Waals surface area contributed by atoms with E-state index in [0.717, 1.165) is 40.8 Å². The summed E-state index contributed by atoms with van der Waals surface area (Å²) in [7, 11) is 3.33. The predicted octanol–water partition coefficient (Wildman–Crippen LogP) is 3.71. The molecule has 0 saturated heterocycles. The number of guanidine groups is 1.